The molecule has 6 heterocycles. The SMILES string of the molecule is CCC(CC)C(=O)/C=C(\O)C(CC)CC.[Ir].[c-]1c2ccccc2cc2c1c1nccc3ccc4c5ccccc5n2c4c31.[c-]1c2ccccc2cc2c1c1nccc3ccc4c5ccccc5n2c4c31. The summed E-state index contributed by atoms with van der Waals surface area (Å²) in [5.74, 6) is 0.547. The molecule has 0 fully saturated rings. The Balaban J connectivity index is 0.000000119. The maximum Gasteiger partial charge on any atom is 0.162 e. The summed E-state index contributed by atoms with van der Waals surface area (Å²) in [6.07, 6.45) is 8.73. The Bertz CT molecular complexity index is 4060. The van der Waals surface area contributed by atoms with Gasteiger partial charge in [-0.05, 0) is 82.5 Å². The van der Waals surface area contributed by atoms with E-state index in [1.165, 1.54) is 93.0 Å². The van der Waals surface area contributed by atoms with E-state index in [2.05, 4.69) is 167 Å². The minimum absolute atomic E-state index is 0. The molecule has 6 aromatic heterocycles. The molecule has 0 aliphatic heterocycles. The van der Waals surface area contributed by atoms with Crippen molar-refractivity contribution in [3.05, 3.63) is 182 Å². The van der Waals surface area contributed by atoms with Gasteiger partial charge < -0.3 is 13.9 Å². The van der Waals surface area contributed by atoms with Gasteiger partial charge in [0.25, 0.3) is 0 Å². The Kier molecular flexibility index (Phi) is 11.7. The van der Waals surface area contributed by atoms with Gasteiger partial charge in [-0.25, -0.2) is 0 Å². The molecule has 0 aliphatic carbocycles. The first kappa shape index (κ1) is 45.0. The molecule has 0 amide bonds. The second-order valence-electron chi connectivity index (χ2n) is 18.4. The van der Waals surface area contributed by atoms with Gasteiger partial charge in [0.1, 0.15) is 0 Å². The summed E-state index contributed by atoms with van der Waals surface area (Å²) in [7, 11) is 0. The molecule has 0 atom stereocenters. The van der Waals surface area contributed by atoms with Crippen molar-refractivity contribution in [3.63, 3.8) is 0 Å². The van der Waals surface area contributed by atoms with E-state index in [9.17, 15) is 9.90 Å². The molecule has 6 nitrogen and oxygen atoms in total. The third kappa shape index (κ3) is 7.05. The van der Waals surface area contributed by atoms with Gasteiger partial charge in [0.15, 0.2) is 5.78 Å². The summed E-state index contributed by atoms with van der Waals surface area (Å²) in [5, 5.41) is 26.6. The number of rotatable bonds is 7. The Hall–Kier alpha value is -7.44. The van der Waals surface area contributed by atoms with Crippen molar-refractivity contribution in [2.45, 2.75) is 53.4 Å². The predicted octanol–water partition coefficient (Wildman–Crippen LogP) is 16.5. The summed E-state index contributed by atoms with van der Waals surface area (Å²) >= 11 is 0. The summed E-state index contributed by atoms with van der Waals surface area (Å²) in [5.41, 5.74) is 9.39. The number of fused-ring (bicyclic) bond motifs is 14. The van der Waals surface area contributed by atoms with E-state index in [0.29, 0.717) is 0 Å². The van der Waals surface area contributed by atoms with Crippen LogP contribution in [0.4, 0.5) is 0 Å². The summed E-state index contributed by atoms with van der Waals surface area (Å²) in [6.45, 7) is 8.07. The van der Waals surface area contributed by atoms with Gasteiger partial charge in [-0.2, -0.15) is 0 Å². The first-order valence-electron chi connectivity index (χ1n) is 24.4. The van der Waals surface area contributed by atoms with E-state index in [4.69, 9.17) is 9.97 Å². The van der Waals surface area contributed by atoms with Crippen molar-refractivity contribution in [3.8, 4) is 0 Å². The average Bonchev–Trinajstić information content (AvgIpc) is 3.92. The van der Waals surface area contributed by atoms with Gasteiger partial charge in [0.2, 0.25) is 0 Å². The van der Waals surface area contributed by atoms with Crippen LogP contribution in [0.1, 0.15) is 53.4 Å². The molecule has 1 N–H and O–H groups in total. The van der Waals surface area contributed by atoms with Crippen LogP contribution in [0.25, 0.3) is 120 Å². The fraction of sp³-hybridized carbons (Fsp3) is 0.159. The van der Waals surface area contributed by atoms with Crippen LogP contribution in [0.15, 0.2) is 170 Å². The number of pyridine rings is 4. The molecule has 0 aliphatic rings. The van der Waals surface area contributed by atoms with Gasteiger partial charge in [-0.15, -0.1) is 35.0 Å². The zero-order valence-corrected chi connectivity index (χ0v) is 41.9. The molecule has 14 rings (SSSR count). The average molecular weight is 1090 g/mol. The topological polar surface area (TPSA) is 71.9 Å². The number of carbonyl (C=O) groups excluding carboxylic acids is 1. The molecule has 70 heavy (non-hydrogen) atoms. The van der Waals surface area contributed by atoms with Crippen molar-refractivity contribution in [2.24, 2.45) is 11.8 Å². The third-order valence-corrected chi connectivity index (χ3v) is 14.7. The molecule has 14 aromatic rings. The van der Waals surface area contributed by atoms with Crippen LogP contribution in [0.2, 0.25) is 0 Å². The molecular weight excluding hydrogens is 1040 g/mol. The number of allylic oxidation sites excluding steroid dienone is 2. The van der Waals surface area contributed by atoms with Crippen molar-refractivity contribution in [1.29, 1.82) is 0 Å². The summed E-state index contributed by atoms with van der Waals surface area (Å²) in [6, 6.07) is 59.2. The van der Waals surface area contributed by atoms with Crippen molar-refractivity contribution in [1.82, 2.24) is 18.8 Å². The number of hydrogen-bond donors (Lipinski definition) is 1. The van der Waals surface area contributed by atoms with Crippen molar-refractivity contribution >= 4 is 125 Å². The monoisotopic (exact) mass is 1090 g/mol. The number of carbonyl (C=O) groups is 1. The molecular formula is C63H50IrN4O2-2. The fourth-order valence-corrected chi connectivity index (χ4v) is 11.1. The number of benzene rings is 8. The van der Waals surface area contributed by atoms with Crippen LogP contribution in [0.3, 0.4) is 0 Å². The van der Waals surface area contributed by atoms with E-state index < -0.39 is 0 Å². The quantitative estimate of drug-likeness (QED) is 0.0567. The van der Waals surface area contributed by atoms with Gasteiger partial charge in [0.05, 0.1) is 5.76 Å². The smallest absolute Gasteiger partial charge is 0.162 e. The molecule has 0 bridgehead atoms. The molecule has 1 radical (unpaired) electrons. The van der Waals surface area contributed by atoms with E-state index in [0.717, 1.165) is 58.3 Å². The fourth-order valence-electron chi connectivity index (χ4n) is 11.1. The molecule has 0 saturated carbocycles. The largest absolute Gasteiger partial charge is 0.512 e. The van der Waals surface area contributed by atoms with Gasteiger partial charge in [-0.3, -0.25) is 14.8 Å². The zero-order chi connectivity index (χ0) is 46.9. The summed E-state index contributed by atoms with van der Waals surface area (Å²) < 4.78 is 4.81. The number of ketones is 1. The number of aliphatic hydroxyl groups is 1. The Morgan fingerprint density at radius 2 is 0.943 bits per heavy atom. The minimum Gasteiger partial charge on any atom is -0.512 e. The maximum atomic E-state index is 11.7. The second kappa shape index (κ2) is 18.1. The normalized spacial score (nSPS) is 12.3. The minimum atomic E-state index is 0. The zero-order valence-electron chi connectivity index (χ0n) is 39.5. The Morgan fingerprint density at radius 1 is 0.514 bits per heavy atom. The van der Waals surface area contributed by atoms with E-state index >= 15 is 0 Å². The number of aromatic nitrogens is 4. The number of hydrogen-bond acceptors (Lipinski definition) is 4. The number of nitrogens with zero attached hydrogens (tertiary/aromatic N) is 4. The van der Waals surface area contributed by atoms with Crippen LogP contribution >= 0.6 is 0 Å². The Morgan fingerprint density at radius 3 is 1.40 bits per heavy atom. The number of para-hydroxylation sites is 2. The van der Waals surface area contributed by atoms with E-state index in [1.807, 2.05) is 40.1 Å². The molecule has 345 valence electrons. The first-order valence-corrected chi connectivity index (χ1v) is 24.4. The Labute approximate surface area is 418 Å². The molecule has 0 unspecified atom stereocenters. The van der Waals surface area contributed by atoms with Gasteiger partial charge in [0, 0.05) is 105 Å². The van der Waals surface area contributed by atoms with Crippen LogP contribution in [-0.2, 0) is 24.9 Å². The molecule has 8 aromatic carbocycles. The van der Waals surface area contributed by atoms with Crippen LogP contribution in [0.5, 0.6) is 0 Å². The number of aliphatic hydroxyl groups excluding tert-OH is 1. The van der Waals surface area contributed by atoms with E-state index in [-0.39, 0.29) is 43.5 Å². The molecule has 7 heteroatoms. The second-order valence-corrected chi connectivity index (χ2v) is 18.4. The van der Waals surface area contributed by atoms with Crippen LogP contribution in [-0.4, -0.2) is 29.7 Å². The van der Waals surface area contributed by atoms with Gasteiger partial charge >= 0.3 is 0 Å². The maximum absolute atomic E-state index is 11.7. The standard InChI is InChI=1S/2C25H13N2.C13H24O2.Ir/c2*1-2-6-17-14-22-20(13-16(17)5-1)24-23-15(11-12-26-24)9-10-19-18-7-3-4-8-21(18)27(22)25(19)23;1-5-10(6-2)12(14)9-13(15)11(7-3)8-4;/h2*1-12,14H;9-11,14H,5-8H2,1-4H3;/q2*-1;;/b;;12-9-;. The van der Waals surface area contributed by atoms with Gasteiger partial charge in [-0.1, -0.05) is 158 Å². The van der Waals surface area contributed by atoms with E-state index in [1.54, 1.807) is 0 Å². The van der Waals surface area contributed by atoms with Crippen LogP contribution in [0, 0.1) is 24.0 Å². The van der Waals surface area contributed by atoms with Crippen molar-refractivity contribution in [2.75, 3.05) is 0 Å². The van der Waals surface area contributed by atoms with Crippen molar-refractivity contribution < 1.29 is 30.0 Å². The first-order chi connectivity index (χ1) is 33.9. The van der Waals surface area contributed by atoms with Crippen LogP contribution < -0.4 is 0 Å². The third-order valence-electron chi connectivity index (χ3n) is 14.7. The molecule has 0 spiro atoms. The molecule has 0 saturated heterocycles. The summed E-state index contributed by atoms with van der Waals surface area (Å²) in [4.78, 5) is 21.3. The predicted molar refractivity (Wildman–Crippen MR) is 289 cm³/mol.